The van der Waals surface area contributed by atoms with Gasteiger partial charge in [-0.15, -0.1) is 0 Å². The van der Waals surface area contributed by atoms with E-state index in [0.29, 0.717) is 28.2 Å². The summed E-state index contributed by atoms with van der Waals surface area (Å²) in [6.45, 7) is 11.2. The molecule has 3 rings (SSSR count). The van der Waals surface area contributed by atoms with Gasteiger partial charge in [-0.05, 0) is 48.1 Å². The summed E-state index contributed by atoms with van der Waals surface area (Å²) in [5.74, 6) is -0.171. The maximum atomic E-state index is 13.4. The highest BCUT2D eigenvalue weighted by atomic mass is 32.2. The van der Waals surface area contributed by atoms with Gasteiger partial charge < -0.3 is 9.88 Å². The van der Waals surface area contributed by atoms with Crippen LogP contribution in [-0.2, 0) is 15.4 Å². The lowest BCUT2D eigenvalue weighted by atomic mass is 9.85. The van der Waals surface area contributed by atoms with Crippen molar-refractivity contribution in [3.63, 3.8) is 0 Å². The minimum absolute atomic E-state index is 0.0533. The number of aromatic nitrogens is 1. The molecule has 0 unspecified atom stereocenters. The van der Waals surface area contributed by atoms with Gasteiger partial charge in [0.05, 0.1) is 10.5 Å². The quantitative estimate of drug-likeness (QED) is 0.727. The van der Waals surface area contributed by atoms with E-state index in [1.807, 2.05) is 26.0 Å². The van der Waals surface area contributed by atoms with Crippen molar-refractivity contribution in [2.24, 2.45) is 0 Å². The molecule has 1 aliphatic rings. The first kappa shape index (κ1) is 22.7. The fourth-order valence-electron chi connectivity index (χ4n) is 3.81. The molecule has 6 nitrogen and oxygen atoms in total. The van der Waals surface area contributed by atoms with Crippen LogP contribution in [0.5, 0.6) is 0 Å². The van der Waals surface area contributed by atoms with Crippen LogP contribution in [0.15, 0.2) is 35.4 Å². The third-order valence-corrected chi connectivity index (χ3v) is 8.04. The molecule has 8 heteroatoms. The van der Waals surface area contributed by atoms with Gasteiger partial charge in [0.15, 0.2) is 0 Å². The van der Waals surface area contributed by atoms with Crippen LogP contribution >= 0.6 is 12.2 Å². The average Bonchev–Trinajstić information content (AvgIpc) is 2.66. The molecule has 2 heterocycles. The molecule has 2 aromatic rings. The Morgan fingerprint density at radius 3 is 2.13 bits per heavy atom. The second-order valence-corrected chi connectivity index (χ2v) is 11.1. The Hall–Kier alpha value is -2.03. The summed E-state index contributed by atoms with van der Waals surface area (Å²) >= 11 is 5.20. The summed E-state index contributed by atoms with van der Waals surface area (Å²) in [5, 5.41) is 0. The third kappa shape index (κ3) is 4.36. The van der Waals surface area contributed by atoms with E-state index in [9.17, 15) is 13.2 Å². The van der Waals surface area contributed by atoms with Crippen molar-refractivity contribution in [3.8, 4) is 0 Å². The molecule has 0 spiro atoms. The lowest BCUT2D eigenvalue weighted by Gasteiger charge is -2.34. The summed E-state index contributed by atoms with van der Waals surface area (Å²) in [5.41, 5.74) is 3.02. The Kier molecular flexibility index (Phi) is 6.23. The van der Waals surface area contributed by atoms with Crippen molar-refractivity contribution < 1.29 is 13.2 Å². The molecule has 0 atom stereocenters. The zero-order chi connectivity index (χ0) is 22.3. The average molecular weight is 448 g/mol. The molecule has 1 N–H and O–H groups in total. The molecule has 1 aliphatic heterocycles. The standard InChI is InChI=1S/C22H29N3O3S2/c1-15-13-17(22(3,4)5)14-16(2)19(15)30(27,28)25-11-9-24(10-12-25)21(26)18-7-6-8-23-20(18)29/h6-8,13-14H,9-12H2,1-5H3,(H,23,29). The predicted octanol–water partition coefficient (Wildman–Crippen LogP) is 3.81. The number of benzene rings is 1. The van der Waals surface area contributed by atoms with Crippen LogP contribution in [0.25, 0.3) is 0 Å². The van der Waals surface area contributed by atoms with E-state index in [1.54, 1.807) is 23.2 Å². The minimum atomic E-state index is -3.64. The largest absolute Gasteiger partial charge is 0.352 e. The van der Waals surface area contributed by atoms with Gasteiger partial charge in [0, 0.05) is 32.4 Å². The van der Waals surface area contributed by atoms with Gasteiger partial charge in [-0.2, -0.15) is 4.31 Å². The van der Waals surface area contributed by atoms with Crippen molar-refractivity contribution in [2.75, 3.05) is 26.2 Å². The molecule has 1 aromatic heterocycles. The normalized spacial score (nSPS) is 16.0. The fourth-order valence-corrected chi connectivity index (χ4v) is 5.87. The number of hydrogen-bond donors (Lipinski definition) is 1. The monoisotopic (exact) mass is 447 g/mol. The summed E-state index contributed by atoms with van der Waals surface area (Å²) in [6, 6.07) is 7.36. The molecule has 30 heavy (non-hydrogen) atoms. The third-order valence-electron chi connectivity index (χ3n) is 5.50. The lowest BCUT2D eigenvalue weighted by molar-refractivity contribution is 0.0697. The van der Waals surface area contributed by atoms with Gasteiger partial charge >= 0.3 is 0 Å². The second kappa shape index (κ2) is 8.24. The zero-order valence-electron chi connectivity index (χ0n) is 18.2. The highest BCUT2D eigenvalue weighted by molar-refractivity contribution is 7.89. The van der Waals surface area contributed by atoms with E-state index < -0.39 is 10.0 Å². The van der Waals surface area contributed by atoms with E-state index in [1.165, 1.54) is 4.31 Å². The summed E-state index contributed by atoms with van der Waals surface area (Å²) in [4.78, 5) is 17.7. The molecule has 1 amide bonds. The SMILES string of the molecule is Cc1cc(C(C)(C)C)cc(C)c1S(=O)(=O)N1CCN(C(=O)c2ccc[nH]c2=S)CC1. The molecule has 0 saturated carbocycles. The van der Waals surface area contributed by atoms with Crippen LogP contribution in [0.2, 0.25) is 0 Å². The first-order valence-corrected chi connectivity index (χ1v) is 11.9. The number of piperazine rings is 1. The lowest BCUT2D eigenvalue weighted by Crippen LogP contribution is -2.50. The van der Waals surface area contributed by atoms with Crippen LogP contribution in [0, 0.1) is 18.5 Å². The molecular formula is C22H29N3O3S2. The van der Waals surface area contributed by atoms with Crippen molar-refractivity contribution >= 4 is 28.1 Å². The van der Waals surface area contributed by atoms with E-state index in [2.05, 4.69) is 25.8 Å². The number of nitrogens with zero attached hydrogens (tertiary/aromatic N) is 2. The van der Waals surface area contributed by atoms with Crippen molar-refractivity contribution in [1.82, 2.24) is 14.2 Å². The first-order valence-electron chi connectivity index (χ1n) is 10.0. The number of hydrogen-bond acceptors (Lipinski definition) is 4. The summed E-state index contributed by atoms with van der Waals surface area (Å²) in [6.07, 6.45) is 1.68. The van der Waals surface area contributed by atoms with Gasteiger partial charge in [0.1, 0.15) is 4.64 Å². The van der Waals surface area contributed by atoms with Gasteiger partial charge in [-0.1, -0.05) is 45.1 Å². The van der Waals surface area contributed by atoms with Crippen molar-refractivity contribution in [1.29, 1.82) is 0 Å². The Balaban J connectivity index is 1.81. The maximum absolute atomic E-state index is 13.4. The van der Waals surface area contributed by atoms with Crippen molar-refractivity contribution in [3.05, 3.63) is 57.4 Å². The smallest absolute Gasteiger partial charge is 0.256 e. The molecule has 162 valence electrons. The molecule has 0 radical (unpaired) electrons. The number of aromatic amines is 1. The number of carbonyl (C=O) groups is 1. The van der Waals surface area contributed by atoms with E-state index in [0.717, 1.165) is 16.7 Å². The number of pyridine rings is 1. The maximum Gasteiger partial charge on any atom is 0.256 e. The van der Waals surface area contributed by atoms with Crippen LogP contribution in [0.4, 0.5) is 0 Å². The highest BCUT2D eigenvalue weighted by Gasteiger charge is 2.33. The van der Waals surface area contributed by atoms with Crippen LogP contribution in [0.3, 0.4) is 0 Å². The van der Waals surface area contributed by atoms with Crippen LogP contribution in [0.1, 0.15) is 47.8 Å². The van der Waals surface area contributed by atoms with Crippen LogP contribution < -0.4 is 0 Å². The first-order chi connectivity index (χ1) is 13.9. The molecular weight excluding hydrogens is 418 g/mol. The zero-order valence-corrected chi connectivity index (χ0v) is 19.8. The molecule has 1 fully saturated rings. The summed E-state index contributed by atoms with van der Waals surface area (Å²) in [7, 11) is -3.64. The number of carbonyl (C=O) groups excluding carboxylic acids is 1. The van der Waals surface area contributed by atoms with E-state index >= 15 is 0 Å². The Morgan fingerprint density at radius 2 is 1.63 bits per heavy atom. The molecule has 0 aliphatic carbocycles. The topological polar surface area (TPSA) is 73.5 Å². The number of H-pyrrole nitrogens is 1. The number of aryl methyl sites for hydroxylation is 2. The minimum Gasteiger partial charge on any atom is -0.352 e. The predicted molar refractivity (Wildman–Crippen MR) is 121 cm³/mol. The van der Waals surface area contributed by atoms with E-state index in [-0.39, 0.29) is 24.4 Å². The van der Waals surface area contributed by atoms with Gasteiger partial charge in [-0.25, -0.2) is 8.42 Å². The Morgan fingerprint density at radius 1 is 1.07 bits per heavy atom. The molecule has 0 bridgehead atoms. The Bertz CT molecular complexity index is 1100. The van der Waals surface area contributed by atoms with Gasteiger partial charge in [-0.3, -0.25) is 4.79 Å². The van der Waals surface area contributed by atoms with Gasteiger partial charge in [0.2, 0.25) is 10.0 Å². The second-order valence-electron chi connectivity index (χ2n) is 8.80. The molecule has 1 aromatic carbocycles. The number of sulfonamides is 1. The number of amides is 1. The van der Waals surface area contributed by atoms with Crippen molar-refractivity contribution in [2.45, 2.75) is 44.9 Å². The van der Waals surface area contributed by atoms with Crippen LogP contribution in [-0.4, -0.2) is 54.7 Å². The highest BCUT2D eigenvalue weighted by Crippen LogP contribution is 2.31. The number of rotatable bonds is 3. The van der Waals surface area contributed by atoms with Gasteiger partial charge in [0.25, 0.3) is 5.91 Å². The number of nitrogens with one attached hydrogen (secondary N) is 1. The molecule has 1 saturated heterocycles. The summed E-state index contributed by atoms with van der Waals surface area (Å²) < 4.78 is 28.7. The van der Waals surface area contributed by atoms with E-state index in [4.69, 9.17) is 12.2 Å². The fraction of sp³-hybridized carbons (Fsp3) is 0.455. The Labute approximate surface area is 184 Å².